The average Bonchev–Trinajstić information content (AvgIpc) is 3.11. The highest BCUT2D eigenvalue weighted by atomic mass is 19.4. The lowest BCUT2D eigenvalue weighted by atomic mass is 10.1. The molecule has 1 aromatic rings. The van der Waals surface area contributed by atoms with Gasteiger partial charge in [0, 0.05) is 5.92 Å². The second kappa shape index (κ2) is 4.59. The highest BCUT2D eigenvalue weighted by molar-refractivity contribution is 5.91. The number of pyridine rings is 1. The molecular formula is C12H12F3NO2. The average molecular weight is 259 g/mol. The largest absolute Gasteiger partial charge is 0.462 e. The molecule has 3 nitrogen and oxygen atoms in total. The Labute approximate surface area is 102 Å². The van der Waals surface area contributed by atoms with Crippen molar-refractivity contribution in [1.82, 2.24) is 4.98 Å². The van der Waals surface area contributed by atoms with E-state index in [2.05, 4.69) is 4.98 Å². The van der Waals surface area contributed by atoms with Crippen LogP contribution < -0.4 is 0 Å². The number of halogens is 3. The van der Waals surface area contributed by atoms with Crippen LogP contribution in [0.5, 0.6) is 0 Å². The third-order valence-corrected chi connectivity index (χ3v) is 2.67. The smallest absolute Gasteiger partial charge is 0.433 e. The van der Waals surface area contributed by atoms with Gasteiger partial charge in [-0.3, -0.25) is 0 Å². The maximum absolute atomic E-state index is 12.6. The van der Waals surface area contributed by atoms with Crippen molar-refractivity contribution in [2.75, 3.05) is 6.61 Å². The van der Waals surface area contributed by atoms with Crippen LogP contribution in [0.2, 0.25) is 0 Å². The predicted octanol–water partition coefficient (Wildman–Crippen LogP) is 3.15. The second-order valence-electron chi connectivity index (χ2n) is 4.12. The maximum atomic E-state index is 12.6. The first-order valence-corrected chi connectivity index (χ1v) is 5.68. The van der Waals surface area contributed by atoms with Crippen molar-refractivity contribution in [3.05, 3.63) is 29.1 Å². The molecule has 0 amide bonds. The fourth-order valence-electron chi connectivity index (χ4n) is 1.68. The Kier molecular flexibility index (Phi) is 3.28. The van der Waals surface area contributed by atoms with Crippen molar-refractivity contribution >= 4 is 5.97 Å². The van der Waals surface area contributed by atoms with E-state index in [1.807, 2.05) is 0 Å². The first kappa shape index (κ1) is 12.9. The summed E-state index contributed by atoms with van der Waals surface area (Å²) in [5.74, 6) is -0.660. The van der Waals surface area contributed by atoms with E-state index in [-0.39, 0.29) is 23.8 Å². The van der Waals surface area contributed by atoms with E-state index in [9.17, 15) is 18.0 Å². The monoisotopic (exact) mass is 259 g/mol. The van der Waals surface area contributed by atoms with Crippen molar-refractivity contribution in [2.24, 2.45) is 0 Å². The fraction of sp³-hybridized carbons (Fsp3) is 0.500. The Morgan fingerprint density at radius 2 is 2.11 bits per heavy atom. The molecule has 6 heteroatoms. The number of hydrogen-bond donors (Lipinski definition) is 0. The van der Waals surface area contributed by atoms with Crippen molar-refractivity contribution in [3.8, 4) is 0 Å². The number of aromatic nitrogens is 1. The summed E-state index contributed by atoms with van der Waals surface area (Å²) in [7, 11) is 0. The van der Waals surface area contributed by atoms with Crippen LogP contribution in [0.4, 0.5) is 13.2 Å². The number of nitrogens with zero attached hydrogens (tertiary/aromatic N) is 1. The summed E-state index contributed by atoms with van der Waals surface area (Å²) in [6.07, 6.45) is -2.96. The first-order chi connectivity index (χ1) is 8.43. The van der Waals surface area contributed by atoms with Gasteiger partial charge in [-0.15, -0.1) is 0 Å². The number of carbonyl (C=O) groups is 1. The first-order valence-electron chi connectivity index (χ1n) is 5.68. The molecule has 0 saturated heterocycles. The van der Waals surface area contributed by atoms with Crippen LogP contribution in [0.15, 0.2) is 12.1 Å². The summed E-state index contributed by atoms with van der Waals surface area (Å²) in [4.78, 5) is 15.2. The molecule has 2 rings (SSSR count). The van der Waals surface area contributed by atoms with E-state index in [0.717, 1.165) is 25.0 Å². The molecular weight excluding hydrogens is 247 g/mol. The zero-order chi connectivity index (χ0) is 13.3. The van der Waals surface area contributed by atoms with Crippen LogP contribution in [0, 0.1) is 0 Å². The Morgan fingerprint density at radius 3 is 2.61 bits per heavy atom. The molecule has 0 spiro atoms. The number of esters is 1. The Balaban J connectivity index is 2.39. The summed E-state index contributed by atoms with van der Waals surface area (Å²) in [6.45, 7) is 1.83. The van der Waals surface area contributed by atoms with E-state index in [0.29, 0.717) is 0 Å². The van der Waals surface area contributed by atoms with Gasteiger partial charge >= 0.3 is 12.1 Å². The quantitative estimate of drug-likeness (QED) is 0.783. The molecule has 0 radical (unpaired) electrons. The minimum Gasteiger partial charge on any atom is -0.462 e. The maximum Gasteiger partial charge on any atom is 0.433 e. The number of carbonyl (C=O) groups excluding carboxylic acids is 1. The number of ether oxygens (including phenoxy) is 1. The van der Waals surface area contributed by atoms with Crippen LogP contribution in [0.1, 0.15) is 47.4 Å². The molecule has 18 heavy (non-hydrogen) atoms. The van der Waals surface area contributed by atoms with Gasteiger partial charge in [0.1, 0.15) is 5.69 Å². The summed E-state index contributed by atoms with van der Waals surface area (Å²) in [6, 6.07) is 1.97. The fourth-order valence-corrected chi connectivity index (χ4v) is 1.68. The lowest BCUT2D eigenvalue weighted by Crippen LogP contribution is -2.14. The van der Waals surface area contributed by atoms with Crippen LogP contribution in [0.25, 0.3) is 0 Å². The topological polar surface area (TPSA) is 39.2 Å². The Morgan fingerprint density at radius 1 is 1.44 bits per heavy atom. The van der Waals surface area contributed by atoms with Gasteiger partial charge in [-0.05, 0) is 31.9 Å². The molecule has 0 atom stereocenters. The second-order valence-corrected chi connectivity index (χ2v) is 4.12. The number of hydrogen-bond acceptors (Lipinski definition) is 3. The third-order valence-electron chi connectivity index (χ3n) is 2.67. The number of rotatable bonds is 3. The summed E-state index contributed by atoms with van der Waals surface area (Å²) in [5, 5.41) is 0. The van der Waals surface area contributed by atoms with Gasteiger partial charge in [-0.25, -0.2) is 9.78 Å². The van der Waals surface area contributed by atoms with Crippen LogP contribution in [-0.4, -0.2) is 17.6 Å². The van der Waals surface area contributed by atoms with Crippen molar-refractivity contribution in [3.63, 3.8) is 0 Å². The molecule has 1 saturated carbocycles. The van der Waals surface area contributed by atoms with Crippen LogP contribution in [-0.2, 0) is 10.9 Å². The Hall–Kier alpha value is -1.59. The van der Waals surface area contributed by atoms with E-state index in [4.69, 9.17) is 4.74 Å². The normalized spacial score (nSPS) is 15.6. The van der Waals surface area contributed by atoms with E-state index < -0.39 is 17.8 Å². The minimum atomic E-state index is -4.49. The zero-order valence-electron chi connectivity index (χ0n) is 9.75. The van der Waals surface area contributed by atoms with Crippen LogP contribution >= 0.6 is 0 Å². The van der Waals surface area contributed by atoms with Gasteiger partial charge < -0.3 is 4.74 Å². The van der Waals surface area contributed by atoms with Gasteiger partial charge in [-0.2, -0.15) is 13.2 Å². The molecule has 0 aliphatic heterocycles. The highest BCUT2D eigenvalue weighted by Gasteiger charge is 2.36. The van der Waals surface area contributed by atoms with Crippen molar-refractivity contribution in [2.45, 2.75) is 31.9 Å². The molecule has 0 N–H and O–H groups in total. The van der Waals surface area contributed by atoms with Gasteiger partial charge in [0.15, 0.2) is 0 Å². The Bertz CT molecular complexity index is 467. The molecule has 0 unspecified atom stereocenters. The SMILES string of the molecule is CCOC(=O)c1ccc(C(F)(F)F)nc1C1CC1. The van der Waals surface area contributed by atoms with Crippen molar-refractivity contribution in [1.29, 1.82) is 0 Å². The lowest BCUT2D eigenvalue weighted by Gasteiger charge is -2.11. The van der Waals surface area contributed by atoms with E-state index in [1.165, 1.54) is 0 Å². The third kappa shape index (κ3) is 2.63. The lowest BCUT2D eigenvalue weighted by molar-refractivity contribution is -0.141. The molecule has 98 valence electrons. The molecule has 0 bridgehead atoms. The molecule has 1 aliphatic rings. The summed E-state index contributed by atoms with van der Waals surface area (Å²) < 4.78 is 42.5. The predicted molar refractivity (Wildman–Crippen MR) is 57.2 cm³/mol. The molecule has 0 aromatic carbocycles. The van der Waals surface area contributed by atoms with E-state index in [1.54, 1.807) is 6.92 Å². The molecule has 1 heterocycles. The molecule has 1 aromatic heterocycles. The zero-order valence-corrected chi connectivity index (χ0v) is 9.75. The summed E-state index contributed by atoms with van der Waals surface area (Å²) >= 11 is 0. The highest BCUT2D eigenvalue weighted by Crippen LogP contribution is 2.42. The van der Waals surface area contributed by atoms with Gasteiger partial charge in [0.2, 0.25) is 0 Å². The van der Waals surface area contributed by atoms with Gasteiger partial charge in [0.05, 0.1) is 17.9 Å². The minimum absolute atomic E-state index is 0.0493. The van der Waals surface area contributed by atoms with Gasteiger partial charge in [0.25, 0.3) is 0 Å². The molecule has 1 fully saturated rings. The van der Waals surface area contributed by atoms with Crippen molar-refractivity contribution < 1.29 is 22.7 Å². The van der Waals surface area contributed by atoms with E-state index >= 15 is 0 Å². The molecule has 1 aliphatic carbocycles. The van der Waals surface area contributed by atoms with Crippen LogP contribution in [0.3, 0.4) is 0 Å². The summed E-state index contributed by atoms with van der Waals surface area (Å²) in [5.41, 5.74) is -0.604. The standard InChI is InChI=1S/C12H12F3NO2/c1-2-18-11(17)8-5-6-9(12(13,14)15)16-10(8)7-3-4-7/h5-7H,2-4H2,1H3. The van der Waals surface area contributed by atoms with Gasteiger partial charge in [-0.1, -0.05) is 0 Å². The number of alkyl halides is 3.